The number of carbonyl (C=O) groups is 4. The highest BCUT2D eigenvalue weighted by Crippen LogP contribution is 2.64. The molecule has 86 valence electrons. The van der Waals surface area contributed by atoms with Crippen molar-refractivity contribution in [1.82, 2.24) is 0 Å². The monoisotopic (exact) mass is 224 g/mol. The van der Waals surface area contributed by atoms with Crippen molar-refractivity contribution < 1.29 is 24.3 Å². The Morgan fingerprint density at radius 1 is 1.06 bits per heavy atom. The molecule has 0 aliphatic heterocycles. The van der Waals surface area contributed by atoms with E-state index in [0.717, 1.165) is 0 Å². The van der Waals surface area contributed by atoms with E-state index in [2.05, 4.69) is 0 Å². The smallest absolute Gasteiger partial charge is 0.318 e. The lowest BCUT2D eigenvalue weighted by Crippen LogP contribution is -2.55. The van der Waals surface area contributed by atoms with Crippen LogP contribution in [-0.2, 0) is 19.2 Å². The lowest BCUT2D eigenvalue weighted by Gasteiger charge is -2.39. The van der Waals surface area contributed by atoms with Crippen molar-refractivity contribution in [2.45, 2.75) is 19.3 Å². The second kappa shape index (κ2) is 3.23. The van der Waals surface area contributed by atoms with Crippen molar-refractivity contribution in [3.63, 3.8) is 0 Å². The number of hydrogen-bond donors (Lipinski definition) is 1. The van der Waals surface area contributed by atoms with Gasteiger partial charge in [-0.15, -0.1) is 0 Å². The van der Waals surface area contributed by atoms with Crippen LogP contribution in [0.2, 0.25) is 0 Å². The van der Waals surface area contributed by atoms with Gasteiger partial charge in [0.2, 0.25) is 0 Å². The SMILES string of the molecule is O=CC1(C=O)C2CCC(C2)C1(C=O)C(=O)O. The van der Waals surface area contributed by atoms with E-state index >= 15 is 0 Å². The Hall–Kier alpha value is -1.52. The normalized spacial score (nSPS) is 39.2. The third kappa shape index (κ3) is 0.870. The standard InChI is InChI=1S/C11H12O5/c12-4-10(5-13)7-1-2-8(3-7)11(10,6-14)9(15)16/h4-8H,1-3H2,(H,15,16). The Bertz CT molecular complexity index is 367. The molecule has 0 aromatic rings. The van der Waals surface area contributed by atoms with Crippen molar-refractivity contribution >= 4 is 24.8 Å². The van der Waals surface area contributed by atoms with Crippen LogP contribution < -0.4 is 0 Å². The van der Waals surface area contributed by atoms with Gasteiger partial charge in [-0.1, -0.05) is 0 Å². The molecule has 3 unspecified atom stereocenters. The minimum absolute atomic E-state index is 0.294. The van der Waals surface area contributed by atoms with E-state index in [1.165, 1.54) is 0 Å². The van der Waals surface area contributed by atoms with Crippen molar-refractivity contribution in [2.75, 3.05) is 0 Å². The van der Waals surface area contributed by atoms with Gasteiger partial charge in [0, 0.05) is 0 Å². The maximum atomic E-state index is 11.3. The van der Waals surface area contributed by atoms with Crippen molar-refractivity contribution in [1.29, 1.82) is 0 Å². The number of rotatable bonds is 4. The van der Waals surface area contributed by atoms with Gasteiger partial charge in [-0.3, -0.25) is 4.79 Å². The van der Waals surface area contributed by atoms with Gasteiger partial charge in [-0.25, -0.2) is 0 Å². The predicted molar refractivity (Wildman–Crippen MR) is 51.5 cm³/mol. The fourth-order valence-electron chi connectivity index (χ4n) is 3.54. The second-order valence-corrected chi connectivity index (χ2v) is 4.67. The van der Waals surface area contributed by atoms with Crippen LogP contribution in [0.5, 0.6) is 0 Å². The highest BCUT2D eigenvalue weighted by molar-refractivity contribution is 6.05. The number of hydrogen-bond acceptors (Lipinski definition) is 4. The first-order valence-electron chi connectivity index (χ1n) is 5.21. The topological polar surface area (TPSA) is 88.5 Å². The van der Waals surface area contributed by atoms with Crippen LogP contribution in [0.25, 0.3) is 0 Å². The predicted octanol–water partition coefficient (Wildman–Crippen LogP) is 0.0704. The highest BCUT2D eigenvalue weighted by Gasteiger charge is 2.72. The van der Waals surface area contributed by atoms with Crippen LogP contribution in [0.1, 0.15) is 19.3 Å². The van der Waals surface area contributed by atoms with Crippen LogP contribution in [0.4, 0.5) is 0 Å². The molecule has 0 saturated heterocycles. The summed E-state index contributed by atoms with van der Waals surface area (Å²) in [6.45, 7) is 0. The molecular weight excluding hydrogens is 212 g/mol. The molecule has 0 aromatic carbocycles. The molecule has 0 radical (unpaired) electrons. The maximum Gasteiger partial charge on any atom is 0.318 e. The molecule has 5 nitrogen and oxygen atoms in total. The van der Waals surface area contributed by atoms with Gasteiger partial charge in [-0.2, -0.15) is 0 Å². The Balaban J connectivity index is 2.65. The average Bonchev–Trinajstić information content (AvgIpc) is 2.85. The summed E-state index contributed by atoms with van der Waals surface area (Å²) >= 11 is 0. The summed E-state index contributed by atoms with van der Waals surface area (Å²) < 4.78 is 0. The molecule has 2 bridgehead atoms. The van der Waals surface area contributed by atoms with Crippen molar-refractivity contribution in [2.24, 2.45) is 22.7 Å². The van der Waals surface area contributed by atoms with E-state index in [1.807, 2.05) is 0 Å². The number of carboxylic acids is 1. The Morgan fingerprint density at radius 2 is 1.62 bits per heavy atom. The van der Waals surface area contributed by atoms with Gasteiger partial charge in [0.05, 0.1) is 0 Å². The maximum absolute atomic E-state index is 11.3. The van der Waals surface area contributed by atoms with Gasteiger partial charge in [0.1, 0.15) is 29.7 Å². The molecule has 1 N–H and O–H groups in total. The molecule has 16 heavy (non-hydrogen) atoms. The lowest BCUT2D eigenvalue weighted by atomic mass is 9.58. The molecule has 2 aliphatic rings. The molecule has 2 saturated carbocycles. The first-order chi connectivity index (χ1) is 7.59. The molecule has 0 aromatic heterocycles. The van der Waals surface area contributed by atoms with E-state index in [9.17, 15) is 24.3 Å². The van der Waals surface area contributed by atoms with Gasteiger partial charge in [0.15, 0.2) is 0 Å². The fourth-order valence-corrected chi connectivity index (χ4v) is 3.54. The summed E-state index contributed by atoms with van der Waals surface area (Å²) in [7, 11) is 0. The van der Waals surface area contributed by atoms with Crippen LogP contribution >= 0.6 is 0 Å². The molecular formula is C11H12O5. The number of carbonyl (C=O) groups excluding carboxylic acids is 3. The van der Waals surface area contributed by atoms with Crippen molar-refractivity contribution in [3.05, 3.63) is 0 Å². The summed E-state index contributed by atoms with van der Waals surface area (Å²) in [5.41, 5.74) is -3.48. The Kier molecular flexibility index (Phi) is 2.22. The summed E-state index contributed by atoms with van der Waals surface area (Å²) in [6, 6.07) is 0. The zero-order valence-electron chi connectivity index (χ0n) is 8.59. The van der Waals surface area contributed by atoms with Crippen molar-refractivity contribution in [3.8, 4) is 0 Å². The second-order valence-electron chi connectivity index (χ2n) is 4.67. The average molecular weight is 224 g/mol. The summed E-state index contributed by atoms with van der Waals surface area (Å²) in [6.07, 6.45) is 2.74. The number of aliphatic carboxylic acids is 1. The van der Waals surface area contributed by atoms with Gasteiger partial charge in [-0.05, 0) is 31.1 Å². The van der Waals surface area contributed by atoms with Crippen LogP contribution in [-0.4, -0.2) is 29.9 Å². The molecule has 5 heteroatoms. The fraction of sp³-hybridized carbons (Fsp3) is 0.636. The molecule has 0 amide bonds. The molecule has 3 atom stereocenters. The summed E-state index contributed by atoms with van der Waals surface area (Å²) in [5, 5.41) is 9.23. The first-order valence-corrected chi connectivity index (χ1v) is 5.21. The van der Waals surface area contributed by atoms with Crippen LogP contribution in [0.15, 0.2) is 0 Å². The quantitative estimate of drug-likeness (QED) is 0.539. The number of aldehydes is 3. The minimum atomic E-state index is -1.83. The summed E-state index contributed by atoms with van der Waals surface area (Å²) in [4.78, 5) is 44.9. The molecule has 0 spiro atoms. The first kappa shape index (κ1) is 11.0. The third-order valence-electron chi connectivity index (χ3n) is 4.40. The molecule has 2 fully saturated rings. The highest BCUT2D eigenvalue weighted by atomic mass is 16.4. The Labute approximate surface area is 91.8 Å². The van der Waals surface area contributed by atoms with E-state index < -0.39 is 16.8 Å². The zero-order chi connectivity index (χ0) is 12.0. The van der Waals surface area contributed by atoms with E-state index in [0.29, 0.717) is 38.1 Å². The largest absolute Gasteiger partial charge is 0.480 e. The molecule has 0 heterocycles. The summed E-state index contributed by atoms with van der Waals surface area (Å²) in [5.74, 6) is -2.04. The van der Waals surface area contributed by atoms with Gasteiger partial charge in [0.25, 0.3) is 0 Å². The third-order valence-corrected chi connectivity index (χ3v) is 4.40. The minimum Gasteiger partial charge on any atom is -0.480 e. The van der Waals surface area contributed by atoms with Gasteiger partial charge >= 0.3 is 5.97 Å². The van der Waals surface area contributed by atoms with Gasteiger partial charge < -0.3 is 19.5 Å². The van der Waals surface area contributed by atoms with Crippen LogP contribution in [0, 0.1) is 22.7 Å². The van der Waals surface area contributed by atoms with E-state index in [4.69, 9.17) is 0 Å². The molecule has 2 rings (SSSR count). The zero-order valence-corrected chi connectivity index (χ0v) is 8.59. The van der Waals surface area contributed by atoms with E-state index in [-0.39, 0.29) is 11.8 Å². The van der Waals surface area contributed by atoms with E-state index in [1.54, 1.807) is 0 Å². The number of carboxylic acid groups (broad SMARTS) is 1. The number of fused-ring (bicyclic) bond motifs is 2. The Morgan fingerprint density at radius 3 is 2.00 bits per heavy atom. The lowest BCUT2D eigenvalue weighted by molar-refractivity contribution is -0.169. The molecule has 2 aliphatic carbocycles. The van der Waals surface area contributed by atoms with Crippen LogP contribution in [0.3, 0.4) is 0 Å².